The summed E-state index contributed by atoms with van der Waals surface area (Å²) < 4.78 is 10.7. The number of ether oxygens (including phenoxy) is 2. The van der Waals surface area contributed by atoms with Crippen molar-refractivity contribution in [1.29, 1.82) is 0 Å². The van der Waals surface area contributed by atoms with E-state index < -0.39 is 30.1 Å². The van der Waals surface area contributed by atoms with Gasteiger partial charge in [0.2, 0.25) is 17.7 Å². The molecule has 44 heavy (non-hydrogen) atoms. The van der Waals surface area contributed by atoms with Crippen molar-refractivity contribution in [3.63, 3.8) is 0 Å². The van der Waals surface area contributed by atoms with Crippen molar-refractivity contribution < 1.29 is 28.7 Å². The van der Waals surface area contributed by atoms with Crippen molar-refractivity contribution in [2.45, 2.75) is 97.0 Å². The molecule has 1 saturated heterocycles. The SMILES string of the molecule is C=C(C(=O)N[C@@H](Cc1ccccc1)C(=O)OC)C(OC)[C@@H]1CCCN1C(=O)C[C@@H](C)[C@H]([C@@H](C)CC)N(C)C(=O)[C@@H](N)C(C)C. The molecule has 1 aromatic carbocycles. The zero-order valence-electron chi connectivity index (χ0n) is 27.9. The van der Waals surface area contributed by atoms with Crippen LogP contribution in [0.4, 0.5) is 0 Å². The number of methoxy groups -OCH3 is 2. The van der Waals surface area contributed by atoms with Gasteiger partial charge in [0.1, 0.15) is 12.1 Å². The molecule has 0 aliphatic carbocycles. The smallest absolute Gasteiger partial charge is 0.328 e. The molecule has 10 nitrogen and oxygen atoms in total. The third kappa shape index (κ3) is 9.38. The summed E-state index contributed by atoms with van der Waals surface area (Å²) in [5, 5.41) is 2.76. The first-order valence-corrected chi connectivity index (χ1v) is 15.7. The van der Waals surface area contributed by atoms with Gasteiger partial charge < -0.3 is 30.3 Å². The summed E-state index contributed by atoms with van der Waals surface area (Å²) in [5.74, 6) is -1.24. The maximum Gasteiger partial charge on any atom is 0.328 e. The Hall–Kier alpha value is -3.24. The molecule has 3 N–H and O–H groups in total. The first-order valence-electron chi connectivity index (χ1n) is 15.7. The maximum absolute atomic E-state index is 13.8. The highest BCUT2D eigenvalue weighted by Crippen LogP contribution is 2.30. The Morgan fingerprint density at radius 3 is 2.27 bits per heavy atom. The van der Waals surface area contributed by atoms with Crippen molar-refractivity contribution in [1.82, 2.24) is 15.1 Å². The minimum Gasteiger partial charge on any atom is -0.467 e. The number of hydrogen-bond donors (Lipinski definition) is 2. The van der Waals surface area contributed by atoms with E-state index in [0.29, 0.717) is 13.0 Å². The van der Waals surface area contributed by atoms with E-state index in [1.165, 1.54) is 14.2 Å². The van der Waals surface area contributed by atoms with Crippen LogP contribution in [0, 0.1) is 17.8 Å². The lowest BCUT2D eigenvalue weighted by atomic mass is 9.84. The highest BCUT2D eigenvalue weighted by atomic mass is 16.5. The predicted molar refractivity (Wildman–Crippen MR) is 171 cm³/mol. The molecule has 0 bridgehead atoms. The molecule has 7 atom stereocenters. The minimum absolute atomic E-state index is 0.00217. The molecular weight excluding hydrogens is 560 g/mol. The molecule has 0 radical (unpaired) electrons. The number of carbonyl (C=O) groups is 4. The minimum atomic E-state index is -0.910. The first-order chi connectivity index (χ1) is 20.8. The van der Waals surface area contributed by atoms with Crippen molar-refractivity contribution >= 4 is 23.7 Å². The van der Waals surface area contributed by atoms with E-state index in [1.54, 1.807) is 16.8 Å². The van der Waals surface area contributed by atoms with Gasteiger partial charge in [-0.2, -0.15) is 0 Å². The molecule has 0 aromatic heterocycles. The van der Waals surface area contributed by atoms with Crippen LogP contribution >= 0.6 is 0 Å². The van der Waals surface area contributed by atoms with Gasteiger partial charge in [0.05, 0.1) is 19.2 Å². The number of carbonyl (C=O) groups excluding carboxylic acids is 4. The molecule has 1 unspecified atom stereocenters. The Kier molecular flexibility index (Phi) is 14.5. The lowest BCUT2D eigenvalue weighted by molar-refractivity contribution is -0.144. The fraction of sp³-hybridized carbons (Fsp3) is 0.647. The standard InChI is InChI=1S/C34H54N4O6/c1-10-22(4)30(37(7)33(41)29(35)21(2)3)23(5)19-28(39)38-18-14-17-27(38)31(43-8)24(6)32(40)36-26(34(42)44-9)20-25-15-12-11-13-16-25/h11-13,15-16,21-23,26-27,29-31H,6,10,14,17-20,35H2,1-5,7-9H3,(H,36,40)/t22-,23+,26-,27-,29-,30-,31?/m0/s1. The molecule has 1 fully saturated rings. The number of nitrogens with two attached hydrogens (primary N) is 1. The average Bonchev–Trinajstić information content (AvgIpc) is 3.49. The number of likely N-dealkylation sites (N-methyl/N-ethyl adjacent to an activating group) is 1. The van der Waals surface area contributed by atoms with E-state index in [2.05, 4.69) is 25.7 Å². The fourth-order valence-corrected chi connectivity index (χ4v) is 6.26. The molecule has 1 aliphatic heterocycles. The van der Waals surface area contributed by atoms with Crippen molar-refractivity contribution in [3.05, 3.63) is 48.0 Å². The van der Waals surface area contributed by atoms with E-state index in [-0.39, 0.29) is 60.1 Å². The summed E-state index contributed by atoms with van der Waals surface area (Å²) in [4.78, 5) is 56.3. The van der Waals surface area contributed by atoms with Gasteiger partial charge in [0.25, 0.3) is 0 Å². The van der Waals surface area contributed by atoms with Crippen molar-refractivity contribution in [2.75, 3.05) is 27.8 Å². The zero-order chi connectivity index (χ0) is 33.1. The van der Waals surface area contributed by atoms with Crippen LogP contribution in [0.1, 0.15) is 65.9 Å². The molecule has 3 amide bonds. The molecule has 0 spiro atoms. The molecule has 2 rings (SSSR count). The summed E-state index contributed by atoms with van der Waals surface area (Å²) in [5.41, 5.74) is 7.21. The Labute approximate surface area is 263 Å². The average molecular weight is 615 g/mol. The number of nitrogens with one attached hydrogen (secondary N) is 1. The van der Waals surface area contributed by atoms with Crippen LogP contribution in [0.5, 0.6) is 0 Å². The third-order valence-corrected chi connectivity index (χ3v) is 9.04. The van der Waals surface area contributed by atoms with Crippen LogP contribution in [0.2, 0.25) is 0 Å². The number of amides is 3. The van der Waals surface area contributed by atoms with E-state index in [0.717, 1.165) is 18.4 Å². The molecule has 0 saturated carbocycles. The second kappa shape index (κ2) is 17.3. The highest BCUT2D eigenvalue weighted by Gasteiger charge is 2.40. The Morgan fingerprint density at radius 2 is 1.73 bits per heavy atom. The molecule has 1 heterocycles. The molecular formula is C34H54N4O6. The topological polar surface area (TPSA) is 131 Å². The van der Waals surface area contributed by atoms with Crippen LogP contribution < -0.4 is 11.1 Å². The molecule has 246 valence electrons. The van der Waals surface area contributed by atoms with E-state index in [9.17, 15) is 19.2 Å². The second-order valence-electron chi connectivity index (χ2n) is 12.5. The fourth-order valence-electron chi connectivity index (χ4n) is 6.26. The molecule has 1 aliphatic rings. The van der Waals surface area contributed by atoms with Gasteiger partial charge in [-0.15, -0.1) is 0 Å². The van der Waals surface area contributed by atoms with Gasteiger partial charge in [-0.05, 0) is 36.2 Å². The van der Waals surface area contributed by atoms with E-state index in [1.807, 2.05) is 51.1 Å². The second-order valence-corrected chi connectivity index (χ2v) is 12.5. The van der Waals surface area contributed by atoms with Crippen molar-refractivity contribution in [2.24, 2.45) is 23.5 Å². The summed E-state index contributed by atoms with van der Waals surface area (Å²) in [6.07, 6.45) is 1.98. The number of nitrogens with zero attached hydrogens (tertiary/aromatic N) is 2. The summed E-state index contributed by atoms with van der Waals surface area (Å²) in [6.45, 7) is 14.6. The van der Waals surface area contributed by atoms with Crippen LogP contribution in [0.25, 0.3) is 0 Å². The number of benzene rings is 1. The van der Waals surface area contributed by atoms with Gasteiger partial charge in [-0.1, -0.05) is 78.0 Å². The number of likely N-dealkylation sites (tertiary alicyclic amines) is 1. The maximum atomic E-state index is 13.8. The quantitative estimate of drug-likeness (QED) is 0.216. The van der Waals surface area contributed by atoms with Gasteiger partial charge in [0.15, 0.2) is 0 Å². The predicted octanol–water partition coefficient (Wildman–Crippen LogP) is 3.33. The Bertz CT molecular complexity index is 1130. The van der Waals surface area contributed by atoms with Gasteiger partial charge in [-0.3, -0.25) is 14.4 Å². The zero-order valence-corrected chi connectivity index (χ0v) is 27.9. The Morgan fingerprint density at radius 1 is 1.09 bits per heavy atom. The van der Waals surface area contributed by atoms with Gasteiger partial charge in [-0.25, -0.2) is 4.79 Å². The Balaban J connectivity index is 2.18. The normalized spacial score (nSPS) is 19.0. The number of esters is 1. The van der Waals surface area contributed by atoms with E-state index in [4.69, 9.17) is 15.2 Å². The summed E-state index contributed by atoms with van der Waals surface area (Å²) in [6, 6.07) is 7.27. The van der Waals surface area contributed by atoms with Crippen LogP contribution in [-0.2, 0) is 35.1 Å². The lowest BCUT2D eigenvalue weighted by Crippen LogP contribution is -2.53. The largest absolute Gasteiger partial charge is 0.467 e. The van der Waals surface area contributed by atoms with Crippen LogP contribution in [-0.4, -0.2) is 91.6 Å². The lowest BCUT2D eigenvalue weighted by Gasteiger charge is -2.39. The monoisotopic (exact) mass is 614 g/mol. The van der Waals surface area contributed by atoms with Crippen molar-refractivity contribution in [3.8, 4) is 0 Å². The number of hydrogen-bond acceptors (Lipinski definition) is 7. The first kappa shape index (κ1) is 36.9. The third-order valence-electron chi connectivity index (χ3n) is 9.04. The molecule has 1 aromatic rings. The van der Waals surface area contributed by atoms with Gasteiger partial charge in [0, 0.05) is 45.2 Å². The summed E-state index contributed by atoms with van der Waals surface area (Å²) in [7, 11) is 4.55. The van der Waals surface area contributed by atoms with E-state index >= 15 is 0 Å². The molecule has 10 heteroatoms. The summed E-state index contributed by atoms with van der Waals surface area (Å²) >= 11 is 0. The van der Waals surface area contributed by atoms with Crippen LogP contribution in [0.3, 0.4) is 0 Å². The van der Waals surface area contributed by atoms with Crippen LogP contribution in [0.15, 0.2) is 42.5 Å². The highest BCUT2D eigenvalue weighted by molar-refractivity contribution is 5.96. The van der Waals surface area contributed by atoms with Gasteiger partial charge >= 0.3 is 5.97 Å². The number of rotatable bonds is 16.